The van der Waals surface area contributed by atoms with Gasteiger partial charge in [-0.3, -0.25) is 9.89 Å². The van der Waals surface area contributed by atoms with E-state index in [0.29, 0.717) is 0 Å². The van der Waals surface area contributed by atoms with Gasteiger partial charge < -0.3 is 4.74 Å². The van der Waals surface area contributed by atoms with Gasteiger partial charge in [-0.15, -0.1) is 0 Å². The molecule has 3 saturated carbocycles. The third-order valence-corrected chi connectivity index (χ3v) is 3.76. The van der Waals surface area contributed by atoms with Gasteiger partial charge in [0.2, 0.25) is 0 Å². The van der Waals surface area contributed by atoms with Gasteiger partial charge in [0.25, 0.3) is 0 Å². The zero-order valence-corrected chi connectivity index (χ0v) is 8.04. The number of carbonyl (C=O) groups is 1. The molecule has 0 radical (unpaired) electrons. The number of nitrogens with zero attached hydrogens (tertiary/aromatic N) is 1. The van der Waals surface area contributed by atoms with Crippen LogP contribution in [0.15, 0.2) is 12.4 Å². The van der Waals surface area contributed by atoms with Gasteiger partial charge in [0.1, 0.15) is 0 Å². The molecule has 1 N–H and O–H groups in total. The van der Waals surface area contributed by atoms with Gasteiger partial charge in [-0.05, 0) is 24.8 Å². The number of H-pyrrole nitrogens is 1. The highest BCUT2D eigenvalue weighted by atomic mass is 16.5. The number of carbonyl (C=O) groups excluding carboxylic acids is 1. The van der Waals surface area contributed by atoms with Crippen molar-refractivity contribution in [3.63, 3.8) is 0 Å². The number of rotatable bonds is 2. The van der Waals surface area contributed by atoms with Gasteiger partial charge in [0.15, 0.2) is 0 Å². The Morgan fingerprint density at radius 3 is 2.79 bits per heavy atom. The topological polar surface area (TPSA) is 55.0 Å². The highest BCUT2D eigenvalue weighted by Crippen LogP contribution is 2.73. The monoisotopic (exact) mass is 192 g/mol. The van der Waals surface area contributed by atoms with Crippen molar-refractivity contribution in [2.75, 3.05) is 7.11 Å². The number of aromatic amines is 1. The van der Waals surface area contributed by atoms with E-state index in [1.807, 2.05) is 12.4 Å². The van der Waals surface area contributed by atoms with Crippen molar-refractivity contribution in [2.24, 2.45) is 5.41 Å². The summed E-state index contributed by atoms with van der Waals surface area (Å²) in [5.41, 5.74) is 1.33. The van der Waals surface area contributed by atoms with Crippen LogP contribution in [0.3, 0.4) is 0 Å². The molecule has 0 amide bonds. The first kappa shape index (κ1) is 8.03. The Labute approximate surface area is 81.6 Å². The van der Waals surface area contributed by atoms with Crippen molar-refractivity contribution < 1.29 is 9.53 Å². The van der Waals surface area contributed by atoms with E-state index in [9.17, 15) is 4.79 Å². The Bertz CT molecular complexity index is 363. The van der Waals surface area contributed by atoms with Crippen molar-refractivity contribution >= 4 is 5.97 Å². The van der Waals surface area contributed by atoms with Gasteiger partial charge in [-0.25, -0.2) is 0 Å². The predicted molar refractivity (Wildman–Crippen MR) is 48.6 cm³/mol. The number of hydrogen-bond donors (Lipinski definition) is 1. The Balaban J connectivity index is 1.78. The van der Waals surface area contributed by atoms with Crippen LogP contribution in [0.4, 0.5) is 0 Å². The maximum absolute atomic E-state index is 11.4. The molecule has 3 aliphatic carbocycles. The Morgan fingerprint density at radius 1 is 1.57 bits per heavy atom. The summed E-state index contributed by atoms with van der Waals surface area (Å²) in [6, 6.07) is 0. The molecule has 3 fully saturated rings. The summed E-state index contributed by atoms with van der Waals surface area (Å²) in [5, 5.41) is 6.76. The van der Waals surface area contributed by atoms with E-state index in [0.717, 1.165) is 19.3 Å². The highest BCUT2D eigenvalue weighted by molar-refractivity contribution is 5.82. The molecule has 74 valence electrons. The number of hydrogen-bond acceptors (Lipinski definition) is 3. The van der Waals surface area contributed by atoms with E-state index in [1.54, 1.807) is 0 Å². The molecule has 1 heterocycles. The summed E-state index contributed by atoms with van der Waals surface area (Å²) in [5.74, 6) is -0.0390. The summed E-state index contributed by atoms with van der Waals surface area (Å²) in [6.07, 6.45) is 6.60. The van der Waals surface area contributed by atoms with E-state index in [-0.39, 0.29) is 16.8 Å². The Hall–Kier alpha value is -1.32. The van der Waals surface area contributed by atoms with Gasteiger partial charge in [0, 0.05) is 11.6 Å². The first-order valence-electron chi connectivity index (χ1n) is 4.79. The molecule has 0 aliphatic heterocycles. The molecule has 1 aromatic heterocycles. The molecule has 0 atom stereocenters. The molecular weight excluding hydrogens is 180 g/mol. The SMILES string of the molecule is COC(=O)C12CC(c3cn[nH]c3)(C1)C2. The molecule has 0 spiro atoms. The summed E-state index contributed by atoms with van der Waals surface area (Å²) in [4.78, 5) is 11.4. The van der Waals surface area contributed by atoms with Crippen LogP contribution in [-0.2, 0) is 14.9 Å². The number of methoxy groups -OCH3 is 1. The number of esters is 1. The Kier molecular flexibility index (Phi) is 1.25. The fraction of sp³-hybridized carbons (Fsp3) is 0.600. The minimum absolute atomic E-state index is 0.0390. The van der Waals surface area contributed by atoms with Crippen molar-refractivity contribution in [1.29, 1.82) is 0 Å². The second-order valence-electron chi connectivity index (χ2n) is 4.57. The summed E-state index contributed by atoms with van der Waals surface area (Å²) in [6.45, 7) is 0. The summed E-state index contributed by atoms with van der Waals surface area (Å²) >= 11 is 0. The second-order valence-corrected chi connectivity index (χ2v) is 4.57. The predicted octanol–water partition coefficient (Wildman–Crippen LogP) is 1.00. The number of nitrogens with one attached hydrogen (secondary N) is 1. The van der Waals surface area contributed by atoms with Gasteiger partial charge in [-0.2, -0.15) is 5.10 Å². The van der Waals surface area contributed by atoms with E-state index < -0.39 is 0 Å². The molecule has 0 unspecified atom stereocenters. The van der Waals surface area contributed by atoms with Crippen molar-refractivity contribution in [3.05, 3.63) is 18.0 Å². The fourth-order valence-corrected chi connectivity index (χ4v) is 3.07. The maximum atomic E-state index is 11.4. The van der Waals surface area contributed by atoms with Crippen LogP contribution in [-0.4, -0.2) is 23.3 Å². The van der Waals surface area contributed by atoms with Gasteiger partial charge >= 0.3 is 5.97 Å². The maximum Gasteiger partial charge on any atom is 0.311 e. The molecule has 4 heteroatoms. The van der Waals surface area contributed by atoms with Crippen LogP contribution >= 0.6 is 0 Å². The molecule has 2 bridgehead atoms. The standard InChI is InChI=1S/C10H12N2O2/c1-14-8(13)10-4-9(5-10,6-10)7-2-11-12-3-7/h2-3H,4-6H2,1H3,(H,11,12). The lowest BCUT2D eigenvalue weighted by atomic mass is 9.34. The van der Waals surface area contributed by atoms with Crippen molar-refractivity contribution in [3.8, 4) is 0 Å². The molecule has 4 nitrogen and oxygen atoms in total. The zero-order chi connectivity index (χ0) is 9.81. The average molecular weight is 192 g/mol. The van der Waals surface area contributed by atoms with E-state index >= 15 is 0 Å². The molecule has 0 saturated heterocycles. The smallest absolute Gasteiger partial charge is 0.311 e. The van der Waals surface area contributed by atoms with Gasteiger partial charge in [-0.1, -0.05) is 0 Å². The van der Waals surface area contributed by atoms with E-state index in [2.05, 4.69) is 10.2 Å². The number of ether oxygens (including phenoxy) is 1. The number of aromatic nitrogens is 2. The van der Waals surface area contributed by atoms with Crippen LogP contribution < -0.4 is 0 Å². The lowest BCUT2D eigenvalue weighted by Crippen LogP contribution is -2.68. The van der Waals surface area contributed by atoms with Crippen LogP contribution in [0, 0.1) is 5.41 Å². The van der Waals surface area contributed by atoms with Crippen molar-refractivity contribution in [2.45, 2.75) is 24.7 Å². The molecule has 1 aromatic rings. The third kappa shape index (κ3) is 0.705. The van der Waals surface area contributed by atoms with Crippen molar-refractivity contribution in [1.82, 2.24) is 10.2 Å². The van der Waals surface area contributed by atoms with Crippen LogP contribution in [0.5, 0.6) is 0 Å². The minimum atomic E-state index is -0.147. The van der Waals surface area contributed by atoms with Gasteiger partial charge in [0.05, 0.1) is 18.7 Å². The minimum Gasteiger partial charge on any atom is -0.469 e. The first-order valence-corrected chi connectivity index (χ1v) is 4.79. The largest absolute Gasteiger partial charge is 0.469 e. The van der Waals surface area contributed by atoms with Crippen LogP contribution in [0.25, 0.3) is 0 Å². The zero-order valence-electron chi connectivity index (χ0n) is 8.04. The second kappa shape index (κ2) is 2.19. The highest BCUT2D eigenvalue weighted by Gasteiger charge is 2.72. The third-order valence-electron chi connectivity index (χ3n) is 3.76. The fourth-order valence-electron chi connectivity index (χ4n) is 3.07. The summed E-state index contributed by atoms with van der Waals surface area (Å²) in [7, 11) is 1.47. The van der Waals surface area contributed by atoms with Crippen LogP contribution in [0.1, 0.15) is 24.8 Å². The van der Waals surface area contributed by atoms with E-state index in [1.165, 1.54) is 12.7 Å². The molecular formula is C10H12N2O2. The molecule has 0 aromatic carbocycles. The van der Waals surface area contributed by atoms with E-state index in [4.69, 9.17) is 4.74 Å². The summed E-state index contributed by atoms with van der Waals surface area (Å²) < 4.78 is 4.80. The average Bonchev–Trinajstić information content (AvgIpc) is 2.52. The first-order chi connectivity index (χ1) is 6.71. The lowest BCUT2D eigenvalue weighted by molar-refractivity contribution is -0.198. The molecule has 14 heavy (non-hydrogen) atoms. The molecule has 4 rings (SSSR count). The Morgan fingerprint density at radius 2 is 2.29 bits per heavy atom. The molecule has 3 aliphatic rings. The normalized spacial score (nSPS) is 38.4. The lowest BCUT2D eigenvalue weighted by Gasteiger charge is -2.68. The quantitative estimate of drug-likeness (QED) is 0.711. The van der Waals surface area contributed by atoms with Crippen LogP contribution in [0.2, 0.25) is 0 Å².